The van der Waals surface area contributed by atoms with E-state index in [-0.39, 0.29) is 10.9 Å². The number of nitrogens with zero attached hydrogens (tertiary/aromatic N) is 1. The van der Waals surface area contributed by atoms with E-state index in [2.05, 4.69) is 38.9 Å². The molecule has 3 N–H and O–H groups in total. The summed E-state index contributed by atoms with van der Waals surface area (Å²) in [6.45, 7) is 5.94. The van der Waals surface area contributed by atoms with Crippen LogP contribution in [0.1, 0.15) is 12.1 Å². The number of piperidine rings is 1. The van der Waals surface area contributed by atoms with Crippen LogP contribution in [-0.2, 0) is 16.4 Å². The summed E-state index contributed by atoms with van der Waals surface area (Å²) in [6.07, 6.45) is 2.75. The van der Waals surface area contributed by atoms with Gasteiger partial charge >= 0.3 is 0 Å². The van der Waals surface area contributed by atoms with Crippen molar-refractivity contribution in [2.45, 2.75) is 30.1 Å². The number of allylic oxidation sites excluding steroid dienone is 1. The van der Waals surface area contributed by atoms with Gasteiger partial charge in [-0.25, -0.2) is 12.8 Å². The monoisotopic (exact) mass is 510 g/mol. The molecule has 7 nitrogen and oxygen atoms in total. The van der Waals surface area contributed by atoms with Crippen LogP contribution in [0.2, 0.25) is 0 Å². The predicted molar refractivity (Wildman–Crippen MR) is 143 cm³/mol. The van der Waals surface area contributed by atoms with Crippen LogP contribution in [0.4, 0.5) is 15.8 Å². The van der Waals surface area contributed by atoms with Crippen molar-refractivity contribution in [3.05, 3.63) is 60.8 Å². The van der Waals surface area contributed by atoms with Gasteiger partial charge in [0.1, 0.15) is 11.9 Å². The molecule has 3 aromatic rings. The van der Waals surface area contributed by atoms with Crippen molar-refractivity contribution in [3.8, 4) is 17.6 Å². The third kappa shape index (κ3) is 5.66. The van der Waals surface area contributed by atoms with Gasteiger partial charge in [-0.05, 0) is 49.2 Å². The van der Waals surface area contributed by atoms with Crippen LogP contribution in [0.5, 0.6) is 5.75 Å². The zero-order chi connectivity index (χ0) is 25.7. The maximum atomic E-state index is 14.4. The molecule has 1 aromatic heterocycles. The third-order valence-corrected chi connectivity index (χ3v) is 7.30. The number of benzene rings is 2. The number of hydrogen-bond donors (Lipinski definition) is 3. The van der Waals surface area contributed by atoms with Gasteiger partial charge in [-0.15, -0.1) is 6.58 Å². The number of alkyl halides is 1. The van der Waals surface area contributed by atoms with E-state index in [9.17, 15) is 12.8 Å². The number of hydrogen-bond acceptors (Lipinski definition) is 6. The van der Waals surface area contributed by atoms with Crippen LogP contribution in [0, 0.1) is 11.8 Å². The summed E-state index contributed by atoms with van der Waals surface area (Å²) in [4.78, 5) is 0.193. The van der Waals surface area contributed by atoms with Crippen LogP contribution < -0.4 is 20.7 Å². The highest BCUT2D eigenvalue weighted by atomic mass is 32.2. The molecular weight excluding hydrogens is 479 g/mol. The molecule has 1 saturated heterocycles. The highest BCUT2D eigenvalue weighted by Crippen LogP contribution is 2.29. The molecule has 0 radical (unpaired) electrons. The van der Waals surface area contributed by atoms with E-state index in [1.807, 2.05) is 30.3 Å². The van der Waals surface area contributed by atoms with E-state index >= 15 is 0 Å². The minimum atomic E-state index is -3.33. The fraction of sp³-hybridized carbons (Fsp3) is 0.333. The Kier molecular flexibility index (Phi) is 7.87. The molecular formula is C27H31FN4O3S. The fourth-order valence-corrected chi connectivity index (χ4v) is 4.98. The molecule has 0 saturated carbocycles. The number of sulfone groups is 1. The number of anilines is 2. The molecule has 2 atom stereocenters. The largest absolute Gasteiger partial charge is 0.495 e. The minimum Gasteiger partial charge on any atom is -0.495 e. The number of halogens is 1. The van der Waals surface area contributed by atoms with E-state index in [1.54, 1.807) is 6.07 Å². The Balaban J connectivity index is 1.57. The molecule has 9 heteroatoms. The zero-order valence-corrected chi connectivity index (χ0v) is 21.3. The Morgan fingerprint density at radius 2 is 2.11 bits per heavy atom. The summed E-state index contributed by atoms with van der Waals surface area (Å²) in [6, 6.07) is 12.4. The molecule has 190 valence electrons. The first-order valence-electron chi connectivity index (χ1n) is 11.8. The van der Waals surface area contributed by atoms with Crippen molar-refractivity contribution in [3.63, 3.8) is 0 Å². The standard InChI is InChI=1S/C27H31FN4O3S/c1-4-15-32-19(7-6-13-30-25-11-10-20(36(3,33)34)17-27(25)35-2)16-21-23(8-5-9-26(21)32)31-24-12-14-29-18-22(24)28/h4-5,8-11,16-17,22,24,29-31H,1,12-15,18H2,2-3H3/t22-,24+/m1/s1. The number of nitrogens with one attached hydrogen (secondary N) is 3. The second kappa shape index (κ2) is 11.1. The van der Waals surface area contributed by atoms with Crippen molar-refractivity contribution in [1.29, 1.82) is 0 Å². The van der Waals surface area contributed by atoms with Gasteiger partial charge in [0, 0.05) is 36.5 Å². The van der Waals surface area contributed by atoms with Gasteiger partial charge < -0.3 is 25.3 Å². The minimum absolute atomic E-state index is 0.193. The molecule has 0 bridgehead atoms. The van der Waals surface area contributed by atoms with Gasteiger partial charge in [0.05, 0.1) is 41.5 Å². The zero-order valence-electron chi connectivity index (χ0n) is 20.5. The Labute approximate surface area is 211 Å². The van der Waals surface area contributed by atoms with Gasteiger partial charge in [0.2, 0.25) is 0 Å². The first-order valence-corrected chi connectivity index (χ1v) is 13.7. The van der Waals surface area contributed by atoms with Crippen molar-refractivity contribution in [2.24, 2.45) is 0 Å². The van der Waals surface area contributed by atoms with Gasteiger partial charge in [-0.1, -0.05) is 18.1 Å². The Morgan fingerprint density at radius 1 is 1.28 bits per heavy atom. The van der Waals surface area contributed by atoms with Crippen LogP contribution in [0.15, 0.2) is 60.0 Å². The Hall–Kier alpha value is -3.48. The lowest BCUT2D eigenvalue weighted by Gasteiger charge is -2.28. The lowest BCUT2D eigenvalue weighted by Crippen LogP contribution is -2.45. The van der Waals surface area contributed by atoms with Crippen LogP contribution >= 0.6 is 0 Å². The molecule has 0 aliphatic carbocycles. The number of methoxy groups -OCH3 is 1. The van der Waals surface area contributed by atoms with E-state index < -0.39 is 16.0 Å². The van der Waals surface area contributed by atoms with E-state index in [1.165, 1.54) is 19.2 Å². The molecule has 1 aliphatic heterocycles. The van der Waals surface area contributed by atoms with Crippen molar-refractivity contribution in [2.75, 3.05) is 43.6 Å². The van der Waals surface area contributed by atoms with Crippen LogP contribution in [-0.4, -0.2) is 58.2 Å². The topological polar surface area (TPSA) is 84.4 Å². The van der Waals surface area contributed by atoms with Gasteiger partial charge in [0.15, 0.2) is 9.84 Å². The number of rotatable bonds is 8. The predicted octanol–water partition coefficient (Wildman–Crippen LogP) is 3.81. The van der Waals surface area contributed by atoms with Crippen LogP contribution in [0.25, 0.3) is 10.9 Å². The first kappa shape index (κ1) is 25.6. The lowest BCUT2D eigenvalue weighted by atomic mass is 10.0. The van der Waals surface area contributed by atoms with Crippen LogP contribution in [0.3, 0.4) is 0 Å². The van der Waals surface area contributed by atoms with E-state index in [0.717, 1.165) is 41.5 Å². The van der Waals surface area contributed by atoms with E-state index in [4.69, 9.17) is 4.74 Å². The molecule has 0 spiro atoms. The third-order valence-electron chi connectivity index (χ3n) is 6.19. The smallest absolute Gasteiger partial charge is 0.175 e. The average molecular weight is 511 g/mol. The van der Waals surface area contributed by atoms with Crippen molar-refractivity contribution >= 4 is 32.1 Å². The second-order valence-corrected chi connectivity index (χ2v) is 10.7. The lowest BCUT2D eigenvalue weighted by molar-refractivity contribution is 0.245. The first-order chi connectivity index (χ1) is 17.3. The maximum Gasteiger partial charge on any atom is 0.175 e. The molecule has 36 heavy (non-hydrogen) atoms. The number of aromatic nitrogens is 1. The second-order valence-electron chi connectivity index (χ2n) is 8.72. The maximum absolute atomic E-state index is 14.4. The summed E-state index contributed by atoms with van der Waals surface area (Å²) in [7, 11) is -1.84. The fourth-order valence-electron chi connectivity index (χ4n) is 4.35. The summed E-state index contributed by atoms with van der Waals surface area (Å²) in [5.74, 6) is 6.79. The SMILES string of the molecule is C=CCn1c(C#CCNc2ccc(S(C)(=O)=O)cc2OC)cc2c(N[C@H]3CCNC[C@H]3F)cccc21. The summed E-state index contributed by atoms with van der Waals surface area (Å²) < 4.78 is 45.4. The molecule has 0 amide bonds. The number of ether oxygens (including phenoxy) is 1. The van der Waals surface area contributed by atoms with E-state index in [0.29, 0.717) is 31.1 Å². The highest BCUT2D eigenvalue weighted by Gasteiger charge is 2.25. The quantitative estimate of drug-likeness (QED) is 0.316. The van der Waals surface area contributed by atoms with Crippen molar-refractivity contribution < 1.29 is 17.5 Å². The molecule has 1 fully saturated rings. The Bertz CT molecular complexity index is 1420. The average Bonchev–Trinajstić information content (AvgIpc) is 3.21. The molecule has 1 aliphatic rings. The molecule has 0 unspecified atom stereocenters. The highest BCUT2D eigenvalue weighted by molar-refractivity contribution is 7.90. The van der Waals surface area contributed by atoms with Gasteiger partial charge in [-0.3, -0.25) is 0 Å². The Morgan fingerprint density at radius 3 is 2.83 bits per heavy atom. The number of fused-ring (bicyclic) bond motifs is 1. The normalized spacial score (nSPS) is 17.8. The van der Waals surface area contributed by atoms with Crippen molar-refractivity contribution in [1.82, 2.24) is 9.88 Å². The summed E-state index contributed by atoms with van der Waals surface area (Å²) in [5.41, 5.74) is 3.36. The summed E-state index contributed by atoms with van der Waals surface area (Å²) in [5, 5.41) is 10.7. The molecule has 2 aromatic carbocycles. The van der Waals surface area contributed by atoms with Gasteiger partial charge in [0.25, 0.3) is 0 Å². The molecule has 4 rings (SSSR count). The summed E-state index contributed by atoms with van der Waals surface area (Å²) >= 11 is 0. The van der Waals surface area contributed by atoms with Gasteiger partial charge in [-0.2, -0.15) is 0 Å². The molecule has 2 heterocycles.